The smallest absolute Gasteiger partial charge is 0.172 e. The van der Waals surface area contributed by atoms with Crippen LogP contribution in [0.1, 0.15) is 52.0 Å². The van der Waals surface area contributed by atoms with Crippen molar-refractivity contribution in [2.45, 2.75) is 39.7 Å². The van der Waals surface area contributed by atoms with E-state index in [4.69, 9.17) is 4.98 Å². The third kappa shape index (κ3) is 4.31. The zero-order valence-corrected chi connectivity index (χ0v) is 22.7. The number of benzene rings is 4. The summed E-state index contributed by atoms with van der Waals surface area (Å²) in [6.07, 6.45) is 4.92. The molecule has 0 amide bonds. The Kier molecular flexibility index (Phi) is 6.08. The van der Waals surface area contributed by atoms with Crippen LogP contribution in [-0.2, 0) is 25.8 Å². The number of H-pyrrole nitrogens is 1. The summed E-state index contributed by atoms with van der Waals surface area (Å²) in [7, 11) is 0. The molecule has 0 unspecified atom stereocenters. The van der Waals surface area contributed by atoms with Crippen LogP contribution in [0.2, 0.25) is 0 Å². The first kappa shape index (κ1) is 24.2. The lowest BCUT2D eigenvalue weighted by Crippen LogP contribution is -2.06. The molecule has 0 fully saturated rings. The number of hydrogen-bond acceptors (Lipinski definition) is 4. The Labute approximate surface area is 233 Å². The Morgan fingerprint density at radius 1 is 0.850 bits per heavy atom. The lowest BCUT2D eigenvalue weighted by molar-refractivity contribution is 0.751. The van der Waals surface area contributed by atoms with Crippen LogP contribution in [0, 0.1) is 6.92 Å². The number of imidazole rings is 1. The summed E-state index contributed by atoms with van der Waals surface area (Å²) in [5.74, 6) is 1.77. The molecule has 0 aliphatic heterocycles. The van der Waals surface area contributed by atoms with Crippen LogP contribution in [0.4, 0.5) is 0 Å². The van der Waals surface area contributed by atoms with Gasteiger partial charge in [-0.15, -0.1) is 5.10 Å². The fourth-order valence-electron chi connectivity index (χ4n) is 6.02. The van der Waals surface area contributed by atoms with Gasteiger partial charge in [0.05, 0.1) is 11.0 Å². The highest BCUT2D eigenvalue weighted by atomic mass is 15.5. The highest BCUT2D eigenvalue weighted by Crippen LogP contribution is 2.36. The molecule has 0 bridgehead atoms. The van der Waals surface area contributed by atoms with E-state index in [9.17, 15) is 0 Å². The maximum Gasteiger partial charge on any atom is 0.172 e. The molecule has 6 aromatic rings. The molecule has 6 heteroatoms. The summed E-state index contributed by atoms with van der Waals surface area (Å²) >= 11 is 0. The average molecular weight is 523 g/mol. The third-order valence-electron chi connectivity index (χ3n) is 7.96. The molecule has 1 N–H and O–H groups in total. The molecule has 7 rings (SSSR count). The zero-order chi connectivity index (χ0) is 27.1. The predicted octanol–water partition coefficient (Wildman–Crippen LogP) is 6.82. The van der Waals surface area contributed by atoms with Crippen molar-refractivity contribution in [2.24, 2.45) is 0 Å². The van der Waals surface area contributed by atoms with Gasteiger partial charge in [-0.2, -0.15) is 0 Å². The van der Waals surface area contributed by atoms with Gasteiger partial charge in [0.15, 0.2) is 5.82 Å². The first-order valence-corrected chi connectivity index (χ1v) is 13.9. The Morgan fingerprint density at radius 2 is 1.65 bits per heavy atom. The van der Waals surface area contributed by atoms with Gasteiger partial charge in [0, 0.05) is 13.0 Å². The van der Waals surface area contributed by atoms with Crippen LogP contribution in [-0.4, -0.2) is 30.2 Å². The van der Waals surface area contributed by atoms with Gasteiger partial charge in [-0.25, -0.2) is 10.1 Å². The van der Waals surface area contributed by atoms with Crippen molar-refractivity contribution in [3.05, 3.63) is 130 Å². The van der Waals surface area contributed by atoms with Crippen molar-refractivity contribution in [1.82, 2.24) is 30.2 Å². The SMILES string of the molecule is CCc1nc2c(C)cc(-c3ccccc3)cc2n1Cc1ccc2c(c1)CCc1ccccc1C2=Cc1nnn[nH]1. The van der Waals surface area contributed by atoms with E-state index in [0.29, 0.717) is 5.82 Å². The molecule has 4 aromatic carbocycles. The molecular weight excluding hydrogens is 492 g/mol. The van der Waals surface area contributed by atoms with E-state index >= 15 is 0 Å². The Hall–Kier alpha value is -4.84. The van der Waals surface area contributed by atoms with Crippen molar-refractivity contribution in [3.8, 4) is 11.1 Å². The van der Waals surface area contributed by atoms with Crippen LogP contribution in [0.15, 0.2) is 84.9 Å². The van der Waals surface area contributed by atoms with E-state index in [1.165, 1.54) is 50.0 Å². The molecule has 2 heterocycles. The summed E-state index contributed by atoms with van der Waals surface area (Å²) in [5, 5.41) is 14.6. The second-order valence-electron chi connectivity index (χ2n) is 10.5. The van der Waals surface area contributed by atoms with Gasteiger partial charge in [0.2, 0.25) is 0 Å². The Bertz CT molecular complexity index is 1860. The average Bonchev–Trinajstić information content (AvgIpc) is 3.60. The number of aryl methyl sites for hydroxylation is 4. The quantitative estimate of drug-likeness (QED) is 0.270. The fourth-order valence-corrected chi connectivity index (χ4v) is 6.02. The largest absolute Gasteiger partial charge is 0.323 e. The normalized spacial score (nSPS) is 13.8. The van der Waals surface area contributed by atoms with Gasteiger partial charge in [-0.1, -0.05) is 79.7 Å². The molecule has 0 saturated heterocycles. The van der Waals surface area contributed by atoms with Gasteiger partial charge in [0.25, 0.3) is 0 Å². The minimum Gasteiger partial charge on any atom is -0.323 e. The van der Waals surface area contributed by atoms with E-state index in [2.05, 4.69) is 130 Å². The van der Waals surface area contributed by atoms with E-state index in [-0.39, 0.29) is 0 Å². The van der Waals surface area contributed by atoms with Gasteiger partial charge >= 0.3 is 0 Å². The second kappa shape index (κ2) is 10.0. The minimum absolute atomic E-state index is 0.656. The molecule has 0 atom stereocenters. The maximum absolute atomic E-state index is 5.08. The summed E-state index contributed by atoms with van der Waals surface area (Å²) in [4.78, 5) is 5.08. The predicted molar refractivity (Wildman–Crippen MR) is 160 cm³/mol. The van der Waals surface area contributed by atoms with Crippen LogP contribution >= 0.6 is 0 Å². The molecule has 196 valence electrons. The van der Waals surface area contributed by atoms with Crippen LogP contribution in [0.3, 0.4) is 0 Å². The summed E-state index contributed by atoms with van der Waals surface area (Å²) < 4.78 is 2.40. The monoisotopic (exact) mass is 522 g/mol. The molecule has 1 aliphatic carbocycles. The van der Waals surface area contributed by atoms with Crippen molar-refractivity contribution < 1.29 is 0 Å². The van der Waals surface area contributed by atoms with Crippen molar-refractivity contribution in [3.63, 3.8) is 0 Å². The Balaban J connectivity index is 1.32. The first-order valence-electron chi connectivity index (χ1n) is 13.9. The number of aromatic nitrogens is 6. The van der Waals surface area contributed by atoms with Crippen molar-refractivity contribution in [1.29, 1.82) is 0 Å². The number of rotatable bonds is 5. The van der Waals surface area contributed by atoms with Crippen LogP contribution in [0.5, 0.6) is 0 Å². The molecule has 40 heavy (non-hydrogen) atoms. The zero-order valence-electron chi connectivity index (χ0n) is 22.7. The van der Waals surface area contributed by atoms with E-state index in [1.807, 2.05) is 0 Å². The van der Waals surface area contributed by atoms with E-state index < -0.39 is 0 Å². The molecular formula is C34H30N6. The lowest BCUT2D eigenvalue weighted by Gasteiger charge is -2.15. The number of nitrogens with zero attached hydrogens (tertiary/aromatic N) is 5. The topological polar surface area (TPSA) is 72.3 Å². The molecule has 2 aromatic heterocycles. The lowest BCUT2D eigenvalue weighted by atomic mass is 9.92. The summed E-state index contributed by atoms with van der Waals surface area (Å²) in [5.41, 5.74) is 13.5. The molecule has 0 radical (unpaired) electrons. The minimum atomic E-state index is 0.656. The standard InChI is InChI=1S/C34H30N6/c1-3-33-35-34-22(2)17-27(24-9-5-4-6-10-24)19-31(34)40(33)21-23-13-16-29-26(18-23)15-14-25-11-7-8-12-28(25)30(29)20-32-36-38-39-37-32/h4-13,16-20H,3,14-15,21H2,1-2H3,(H,36,37,38,39). The summed E-state index contributed by atoms with van der Waals surface area (Å²) in [6.45, 7) is 5.14. The highest BCUT2D eigenvalue weighted by molar-refractivity contribution is 5.93. The number of nitrogens with one attached hydrogen (secondary N) is 1. The Morgan fingerprint density at radius 3 is 2.48 bits per heavy atom. The van der Waals surface area contributed by atoms with Crippen molar-refractivity contribution in [2.75, 3.05) is 0 Å². The fraction of sp³-hybridized carbons (Fsp3) is 0.176. The molecule has 6 nitrogen and oxygen atoms in total. The van der Waals surface area contributed by atoms with Crippen LogP contribution < -0.4 is 0 Å². The molecule has 0 saturated carbocycles. The number of hydrogen-bond donors (Lipinski definition) is 1. The van der Waals surface area contributed by atoms with Crippen LogP contribution in [0.25, 0.3) is 33.8 Å². The van der Waals surface area contributed by atoms with Gasteiger partial charge in [-0.3, -0.25) is 0 Å². The van der Waals surface area contributed by atoms with E-state index in [1.54, 1.807) is 0 Å². The third-order valence-corrected chi connectivity index (χ3v) is 7.96. The van der Waals surface area contributed by atoms with Crippen molar-refractivity contribution >= 4 is 22.7 Å². The number of fused-ring (bicyclic) bond motifs is 3. The van der Waals surface area contributed by atoms with E-state index in [0.717, 1.165) is 42.7 Å². The highest BCUT2D eigenvalue weighted by Gasteiger charge is 2.20. The first-order chi connectivity index (χ1) is 19.7. The maximum atomic E-state index is 5.08. The van der Waals surface area contributed by atoms with Gasteiger partial charge in [-0.05, 0) is 98.5 Å². The second-order valence-corrected chi connectivity index (χ2v) is 10.5. The van der Waals surface area contributed by atoms with Gasteiger partial charge < -0.3 is 4.57 Å². The number of tetrazole rings is 1. The van der Waals surface area contributed by atoms with Gasteiger partial charge in [0.1, 0.15) is 5.82 Å². The number of aromatic amines is 1. The molecule has 1 aliphatic rings. The molecule has 0 spiro atoms. The summed E-state index contributed by atoms with van der Waals surface area (Å²) in [6, 6.07) is 30.7.